The summed E-state index contributed by atoms with van der Waals surface area (Å²) in [4.78, 5) is 0. The van der Waals surface area contributed by atoms with Gasteiger partial charge < -0.3 is 5.32 Å². The second kappa shape index (κ2) is 5.30. The lowest BCUT2D eigenvalue weighted by atomic mass is 9.69. The van der Waals surface area contributed by atoms with Gasteiger partial charge in [0.15, 0.2) is 0 Å². The van der Waals surface area contributed by atoms with Crippen LogP contribution in [-0.2, 0) is 0 Å². The van der Waals surface area contributed by atoms with E-state index in [-0.39, 0.29) is 0 Å². The van der Waals surface area contributed by atoms with Crippen molar-refractivity contribution in [1.29, 1.82) is 0 Å². The minimum atomic E-state index is 0.554. The van der Waals surface area contributed by atoms with Crippen molar-refractivity contribution >= 4 is 0 Å². The van der Waals surface area contributed by atoms with Crippen molar-refractivity contribution in [1.82, 2.24) is 5.32 Å². The molecule has 3 unspecified atom stereocenters. The molecule has 0 aromatic heterocycles. The summed E-state index contributed by atoms with van der Waals surface area (Å²) < 4.78 is 0. The zero-order valence-electron chi connectivity index (χ0n) is 14.2. The Morgan fingerprint density at radius 1 is 1.00 bits per heavy atom. The maximum absolute atomic E-state index is 3.97. The van der Waals surface area contributed by atoms with E-state index >= 15 is 0 Å². The summed E-state index contributed by atoms with van der Waals surface area (Å²) in [5.74, 6) is 2.98. The minimum absolute atomic E-state index is 0.554. The maximum atomic E-state index is 3.97. The lowest BCUT2D eigenvalue weighted by Gasteiger charge is -2.40. The molecule has 0 aromatic carbocycles. The third-order valence-electron chi connectivity index (χ3n) is 7.87. The van der Waals surface area contributed by atoms with Crippen molar-refractivity contribution < 1.29 is 0 Å². The Morgan fingerprint density at radius 2 is 1.70 bits per heavy atom. The fourth-order valence-electron chi connectivity index (χ4n) is 5.59. The maximum Gasteiger partial charge on any atom is 0.0129 e. The Labute approximate surface area is 126 Å². The summed E-state index contributed by atoms with van der Waals surface area (Å²) in [7, 11) is 0. The third-order valence-corrected chi connectivity index (χ3v) is 7.87. The van der Waals surface area contributed by atoms with Crippen molar-refractivity contribution in [2.75, 3.05) is 6.54 Å². The molecule has 0 heterocycles. The number of fused-ring (bicyclic) bond motifs is 2. The highest BCUT2D eigenvalue weighted by Crippen LogP contribution is 2.65. The zero-order valence-corrected chi connectivity index (χ0v) is 14.2. The molecule has 0 saturated heterocycles. The van der Waals surface area contributed by atoms with Gasteiger partial charge in [-0.2, -0.15) is 0 Å². The van der Waals surface area contributed by atoms with Crippen LogP contribution in [0.15, 0.2) is 0 Å². The van der Waals surface area contributed by atoms with Gasteiger partial charge in [0, 0.05) is 6.04 Å². The molecule has 0 aromatic rings. The molecule has 0 spiro atoms. The molecule has 1 heteroatoms. The fourth-order valence-corrected chi connectivity index (χ4v) is 5.59. The summed E-state index contributed by atoms with van der Waals surface area (Å²) in [6.07, 6.45) is 11.7. The molecule has 20 heavy (non-hydrogen) atoms. The number of hydrogen-bond donors (Lipinski definition) is 1. The molecule has 3 saturated carbocycles. The predicted molar refractivity (Wildman–Crippen MR) is 86.8 cm³/mol. The molecular formula is C19H35N. The molecule has 0 radical (unpaired) electrons. The topological polar surface area (TPSA) is 12.0 Å². The Hall–Kier alpha value is -0.0400. The lowest BCUT2D eigenvalue weighted by molar-refractivity contribution is 0.119. The van der Waals surface area contributed by atoms with Gasteiger partial charge in [-0.3, -0.25) is 0 Å². The smallest absolute Gasteiger partial charge is 0.0129 e. The van der Waals surface area contributed by atoms with Crippen LogP contribution in [0.3, 0.4) is 0 Å². The molecule has 3 fully saturated rings. The Kier molecular flexibility index (Phi) is 3.95. The summed E-state index contributed by atoms with van der Waals surface area (Å²) in [6.45, 7) is 11.3. The van der Waals surface area contributed by atoms with E-state index in [2.05, 4.69) is 33.0 Å². The predicted octanol–water partition coefficient (Wildman–Crippen LogP) is 5.01. The van der Waals surface area contributed by atoms with Crippen LogP contribution in [0.25, 0.3) is 0 Å². The fraction of sp³-hybridized carbons (Fsp3) is 1.00. The first-order valence-corrected chi connectivity index (χ1v) is 9.17. The normalized spacial score (nSPS) is 46.8. The summed E-state index contributed by atoms with van der Waals surface area (Å²) >= 11 is 0. The molecule has 3 aliphatic carbocycles. The number of hydrogen-bond acceptors (Lipinski definition) is 1. The Bertz CT molecular complexity index is 340. The van der Waals surface area contributed by atoms with Gasteiger partial charge in [0.2, 0.25) is 0 Å². The van der Waals surface area contributed by atoms with Crippen LogP contribution < -0.4 is 5.32 Å². The highest BCUT2D eigenvalue weighted by atomic mass is 15.0. The van der Waals surface area contributed by atoms with Crippen molar-refractivity contribution in [3.8, 4) is 0 Å². The van der Waals surface area contributed by atoms with Crippen molar-refractivity contribution in [2.45, 2.75) is 85.1 Å². The molecule has 2 bridgehead atoms. The first-order valence-electron chi connectivity index (χ1n) is 9.17. The van der Waals surface area contributed by atoms with Crippen LogP contribution >= 0.6 is 0 Å². The molecular weight excluding hydrogens is 242 g/mol. The van der Waals surface area contributed by atoms with Gasteiger partial charge in [0.1, 0.15) is 0 Å². The van der Waals surface area contributed by atoms with Crippen LogP contribution in [0.1, 0.15) is 79.1 Å². The Balaban J connectivity index is 1.46. The average molecular weight is 277 g/mol. The summed E-state index contributed by atoms with van der Waals surface area (Å²) in [6, 6.07) is 0.791. The van der Waals surface area contributed by atoms with E-state index in [1.807, 2.05) is 0 Å². The number of rotatable bonds is 4. The SMILES string of the molecule is CC1CCC(CCNC2CC3CCC2(C)C3(C)C)CC1. The Morgan fingerprint density at radius 3 is 2.25 bits per heavy atom. The van der Waals surface area contributed by atoms with Crippen LogP contribution in [-0.4, -0.2) is 12.6 Å². The molecule has 0 aliphatic heterocycles. The quantitative estimate of drug-likeness (QED) is 0.762. The summed E-state index contributed by atoms with van der Waals surface area (Å²) in [5.41, 5.74) is 1.11. The van der Waals surface area contributed by atoms with E-state index in [0.29, 0.717) is 10.8 Å². The molecule has 0 amide bonds. The second-order valence-corrected chi connectivity index (χ2v) is 9.03. The van der Waals surface area contributed by atoms with Crippen molar-refractivity contribution in [3.63, 3.8) is 0 Å². The monoisotopic (exact) mass is 277 g/mol. The highest BCUT2D eigenvalue weighted by molar-refractivity contribution is 5.12. The highest BCUT2D eigenvalue weighted by Gasteiger charge is 2.60. The van der Waals surface area contributed by atoms with Crippen LogP contribution in [0.2, 0.25) is 0 Å². The van der Waals surface area contributed by atoms with Gasteiger partial charge in [-0.1, -0.05) is 53.4 Å². The minimum Gasteiger partial charge on any atom is -0.313 e. The molecule has 116 valence electrons. The van der Waals surface area contributed by atoms with E-state index in [1.165, 1.54) is 57.9 Å². The van der Waals surface area contributed by atoms with Crippen molar-refractivity contribution in [2.24, 2.45) is 28.6 Å². The van der Waals surface area contributed by atoms with Crippen LogP contribution in [0, 0.1) is 28.6 Å². The van der Waals surface area contributed by atoms with E-state index in [1.54, 1.807) is 0 Å². The molecule has 1 N–H and O–H groups in total. The van der Waals surface area contributed by atoms with Crippen LogP contribution in [0.4, 0.5) is 0 Å². The zero-order chi connectivity index (χ0) is 14.4. The standard InChI is InChI=1S/C19H35N/c1-14-5-7-15(8-6-14)10-12-20-17-13-16-9-11-19(17,4)18(16,2)3/h14-17,20H,5-13H2,1-4H3. The van der Waals surface area contributed by atoms with Gasteiger partial charge in [0.05, 0.1) is 0 Å². The second-order valence-electron chi connectivity index (χ2n) is 9.03. The van der Waals surface area contributed by atoms with Gasteiger partial charge in [-0.15, -0.1) is 0 Å². The van der Waals surface area contributed by atoms with E-state index in [4.69, 9.17) is 0 Å². The molecule has 3 aliphatic rings. The van der Waals surface area contributed by atoms with E-state index in [9.17, 15) is 0 Å². The van der Waals surface area contributed by atoms with E-state index < -0.39 is 0 Å². The first-order chi connectivity index (χ1) is 9.43. The molecule has 3 atom stereocenters. The van der Waals surface area contributed by atoms with Crippen LogP contribution in [0.5, 0.6) is 0 Å². The molecule has 3 rings (SSSR count). The van der Waals surface area contributed by atoms with Gasteiger partial charge in [0.25, 0.3) is 0 Å². The van der Waals surface area contributed by atoms with Gasteiger partial charge in [-0.25, -0.2) is 0 Å². The number of nitrogens with one attached hydrogen (secondary N) is 1. The first kappa shape index (κ1) is 14.9. The van der Waals surface area contributed by atoms with Crippen molar-refractivity contribution in [3.05, 3.63) is 0 Å². The summed E-state index contributed by atoms with van der Waals surface area (Å²) in [5, 5.41) is 3.97. The van der Waals surface area contributed by atoms with Gasteiger partial charge >= 0.3 is 0 Å². The van der Waals surface area contributed by atoms with E-state index in [0.717, 1.165) is 23.8 Å². The average Bonchev–Trinajstić information content (AvgIpc) is 2.74. The molecule has 1 nitrogen and oxygen atoms in total. The van der Waals surface area contributed by atoms with Gasteiger partial charge in [-0.05, 0) is 60.8 Å². The third kappa shape index (κ3) is 2.34. The lowest BCUT2D eigenvalue weighted by Crippen LogP contribution is -2.45. The largest absolute Gasteiger partial charge is 0.313 e.